The third-order valence-corrected chi connectivity index (χ3v) is 4.46. The summed E-state index contributed by atoms with van der Waals surface area (Å²) in [4.78, 5) is 12.0. The smallest absolute Gasteiger partial charge is 0.351 e. The lowest BCUT2D eigenvalue weighted by molar-refractivity contribution is -0.137. The van der Waals surface area contributed by atoms with Crippen molar-refractivity contribution in [2.75, 3.05) is 5.75 Å². The van der Waals surface area contributed by atoms with Crippen LogP contribution in [-0.4, -0.2) is 26.4 Å². The van der Waals surface area contributed by atoms with Gasteiger partial charge in [0.25, 0.3) is 0 Å². The monoisotopic (exact) mass is 384 g/mol. The van der Waals surface area contributed by atoms with Crippen LogP contribution in [0, 0.1) is 0 Å². The molecule has 0 saturated heterocycles. The molecular formula is C17H19F3N4OS. The molecule has 0 fully saturated rings. The van der Waals surface area contributed by atoms with Crippen LogP contribution in [0.1, 0.15) is 23.9 Å². The zero-order valence-corrected chi connectivity index (χ0v) is 15.0. The lowest BCUT2D eigenvalue weighted by atomic mass is 10.1. The van der Waals surface area contributed by atoms with Crippen molar-refractivity contribution >= 4 is 17.7 Å². The SMILES string of the molecule is C=CCn1c(CC)nnc1SCC(=O)NCc1cccc(C(F)(F)F)c1. The molecule has 0 bridgehead atoms. The van der Waals surface area contributed by atoms with E-state index in [1.54, 1.807) is 6.08 Å². The molecule has 0 aliphatic carbocycles. The third kappa shape index (κ3) is 5.35. The minimum Gasteiger partial charge on any atom is -0.351 e. The second-order valence-electron chi connectivity index (χ2n) is 5.42. The number of allylic oxidation sites excluding steroid dienone is 1. The molecule has 0 spiro atoms. The number of thioether (sulfide) groups is 1. The van der Waals surface area contributed by atoms with Gasteiger partial charge in [-0.3, -0.25) is 4.79 Å². The molecular weight excluding hydrogens is 365 g/mol. The molecule has 1 heterocycles. The molecule has 5 nitrogen and oxygen atoms in total. The highest BCUT2D eigenvalue weighted by Crippen LogP contribution is 2.29. The van der Waals surface area contributed by atoms with E-state index in [-0.39, 0.29) is 18.2 Å². The molecule has 9 heteroatoms. The van der Waals surface area contributed by atoms with Gasteiger partial charge >= 0.3 is 6.18 Å². The second-order valence-corrected chi connectivity index (χ2v) is 6.36. The van der Waals surface area contributed by atoms with E-state index in [1.807, 2.05) is 11.5 Å². The fourth-order valence-electron chi connectivity index (χ4n) is 2.24. The predicted molar refractivity (Wildman–Crippen MR) is 93.6 cm³/mol. The van der Waals surface area contributed by atoms with Crippen molar-refractivity contribution in [3.05, 3.63) is 53.9 Å². The first-order chi connectivity index (χ1) is 12.3. The van der Waals surface area contributed by atoms with Crippen molar-refractivity contribution < 1.29 is 18.0 Å². The van der Waals surface area contributed by atoms with Gasteiger partial charge in [0.05, 0.1) is 11.3 Å². The summed E-state index contributed by atoms with van der Waals surface area (Å²) in [6, 6.07) is 4.89. The maximum Gasteiger partial charge on any atom is 0.416 e. The summed E-state index contributed by atoms with van der Waals surface area (Å²) >= 11 is 1.22. The molecule has 2 aromatic rings. The number of aryl methyl sites for hydroxylation is 1. The number of nitrogens with zero attached hydrogens (tertiary/aromatic N) is 3. The highest BCUT2D eigenvalue weighted by atomic mass is 32.2. The normalized spacial score (nSPS) is 11.4. The molecule has 1 amide bonds. The molecule has 0 unspecified atom stereocenters. The van der Waals surface area contributed by atoms with Crippen molar-refractivity contribution in [2.24, 2.45) is 0 Å². The summed E-state index contributed by atoms with van der Waals surface area (Å²) in [7, 11) is 0. The molecule has 1 aromatic heterocycles. The zero-order valence-electron chi connectivity index (χ0n) is 14.2. The number of rotatable bonds is 8. The number of halogens is 3. The van der Waals surface area contributed by atoms with E-state index in [2.05, 4.69) is 22.1 Å². The van der Waals surface area contributed by atoms with Gasteiger partial charge in [-0.05, 0) is 17.7 Å². The standard InChI is InChI=1S/C17H19F3N4OS/c1-3-8-24-14(4-2)22-23-16(24)26-11-15(25)21-10-12-6-5-7-13(9-12)17(18,19)20/h3,5-7,9H,1,4,8,10-11H2,2H3,(H,21,25). The molecule has 2 rings (SSSR count). The van der Waals surface area contributed by atoms with Gasteiger partial charge in [-0.2, -0.15) is 13.2 Å². The van der Waals surface area contributed by atoms with Gasteiger partial charge in [-0.15, -0.1) is 16.8 Å². The fourth-order valence-corrected chi connectivity index (χ4v) is 3.04. The van der Waals surface area contributed by atoms with Crippen LogP contribution >= 0.6 is 11.8 Å². The van der Waals surface area contributed by atoms with E-state index in [0.717, 1.165) is 18.0 Å². The Balaban J connectivity index is 1.90. The maximum absolute atomic E-state index is 12.7. The molecule has 26 heavy (non-hydrogen) atoms. The number of aromatic nitrogens is 3. The van der Waals surface area contributed by atoms with Gasteiger partial charge in [0.2, 0.25) is 5.91 Å². The Kier molecular flexibility index (Phi) is 6.84. The number of benzene rings is 1. The molecule has 1 aromatic carbocycles. The number of nitrogens with one attached hydrogen (secondary N) is 1. The Bertz CT molecular complexity index is 774. The van der Waals surface area contributed by atoms with E-state index in [4.69, 9.17) is 0 Å². The van der Waals surface area contributed by atoms with E-state index in [9.17, 15) is 18.0 Å². The van der Waals surface area contributed by atoms with Crippen LogP contribution in [0.25, 0.3) is 0 Å². The van der Waals surface area contributed by atoms with Crippen LogP contribution in [0.3, 0.4) is 0 Å². The summed E-state index contributed by atoms with van der Waals surface area (Å²) in [6.07, 6.45) is -1.97. The summed E-state index contributed by atoms with van der Waals surface area (Å²) in [5, 5.41) is 11.3. The fraction of sp³-hybridized carbons (Fsp3) is 0.353. The van der Waals surface area contributed by atoms with E-state index >= 15 is 0 Å². The molecule has 0 saturated carbocycles. The molecule has 1 N–H and O–H groups in total. The van der Waals surface area contributed by atoms with Crippen molar-refractivity contribution in [1.82, 2.24) is 20.1 Å². The molecule has 0 atom stereocenters. The summed E-state index contributed by atoms with van der Waals surface area (Å²) in [6.45, 7) is 6.22. The van der Waals surface area contributed by atoms with Crippen LogP contribution in [0.2, 0.25) is 0 Å². The van der Waals surface area contributed by atoms with Crippen LogP contribution in [0.15, 0.2) is 42.1 Å². The van der Waals surface area contributed by atoms with Gasteiger partial charge in [0.1, 0.15) is 5.82 Å². The number of carbonyl (C=O) groups excluding carboxylic acids is 1. The molecule has 0 aliphatic rings. The number of amides is 1. The van der Waals surface area contributed by atoms with Crippen LogP contribution in [-0.2, 0) is 30.5 Å². The van der Waals surface area contributed by atoms with Crippen molar-refractivity contribution in [1.29, 1.82) is 0 Å². The average molecular weight is 384 g/mol. The highest BCUT2D eigenvalue weighted by molar-refractivity contribution is 7.99. The van der Waals surface area contributed by atoms with Crippen LogP contribution < -0.4 is 5.32 Å². The number of hydrogen-bond donors (Lipinski definition) is 1. The first-order valence-corrected chi connectivity index (χ1v) is 8.92. The minimum atomic E-state index is -4.40. The van der Waals surface area contributed by atoms with Gasteiger partial charge in [-0.25, -0.2) is 0 Å². The minimum absolute atomic E-state index is 0.0306. The number of hydrogen-bond acceptors (Lipinski definition) is 4. The van der Waals surface area contributed by atoms with Gasteiger partial charge in [0.15, 0.2) is 5.16 Å². The van der Waals surface area contributed by atoms with Gasteiger partial charge in [0, 0.05) is 19.5 Å². The lowest BCUT2D eigenvalue weighted by Gasteiger charge is -2.10. The van der Waals surface area contributed by atoms with Crippen molar-refractivity contribution in [3.63, 3.8) is 0 Å². The lowest BCUT2D eigenvalue weighted by Crippen LogP contribution is -2.25. The van der Waals surface area contributed by atoms with Gasteiger partial charge < -0.3 is 9.88 Å². The van der Waals surface area contributed by atoms with E-state index in [1.165, 1.54) is 23.9 Å². The van der Waals surface area contributed by atoms with Crippen molar-refractivity contribution in [2.45, 2.75) is 37.8 Å². The zero-order chi connectivity index (χ0) is 19.2. The Morgan fingerprint density at radius 2 is 2.15 bits per heavy atom. The topological polar surface area (TPSA) is 59.8 Å². The average Bonchev–Trinajstić information content (AvgIpc) is 3.00. The molecule has 140 valence electrons. The first-order valence-electron chi connectivity index (χ1n) is 7.93. The number of alkyl halides is 3. The quantitative estimate of drug-likeness (QED) is 0.559. The third-order valence-electron chi connectivity index (χ3n) is 3.50. The van der Waals surface area contributed by atoms with E-state index in [0.29, 0.717) is 23.7 Å². The molecule has 0 radical (unpaired) electrons. The predicted octanol–water partition coefficient (Wildman–Crippen LogP) is 3.45. The second kappa shape index (κ2) is 8.88. The highest BCUT2D eigenvalue weighted by Gasteiger charge is 2.30. The number of carbonyl (C=O) groups is 1. The summed E-state index contributed by atoms with van der Waals surface area (Å²) < 4.78 is 40.0. The summed E-state index contributed by atoms with van der Waals surface area (Å²) in [5.74, 6) is 0.605. The van der Waals surface area contributed by atoms with Crippen LogP contribution in [0.5, 0.6) is 0 Å². The first kappa shape index (κ1) is 20.0. The Hall–Kier alpha value is -2.29. The largest absolute Gasteiger partial charge is 0.416 e. The summed E-state index contributed by atoms with van der Waals surface area (Å²) in [5.41, 5.74) is -0.343. The van der Waals surface area contributed by atoms with Gasteiger partial charge in [-0.1, -0.05) is 36.9 Å². The van der Waals surface area contributed by atoms with Crippen molar-refractivity contribution in [3.8, 4) is 0 Å². The Morgan fingerprint density at radius 1 is 1.38 bits per heavy atom. The maximum atomic E-state index is 12.7. The van der Waals surface area contributed by atoms with E-state index < -0.39 is 11.7 Å². The molecule has 0 aliphatic heterocycles. The Morgan fingerprint density at radius 3 is 2.81 bits per heavy atom. The van der Waals surface area contributed by atoms with Crippen LogP contribution in [0.4, 0.5) is 13.2 Å². The Labute approximate surface area is 153 Å².